The van der Waals surface area contributed by atoms with Crippen LogP contribution in [0, 0.1) is 0 Å². The number of hydrogen-bond donors (Lipinski definition) is 2. The van der Waals surface area contributed by atoms with E-state index in [0.717, 1.165) is 24.0 Å². The van der Waals surface area contributed by atoms with E-state index in [9.17, 15) is 18.3 Å². The minimum Gasteiger partial charge on any atom is -0.398 e. The molecule has 0 aliphatic heterocycles. The van der Waals surface area contributed by atoms with Gasteiger partial charge in [-0.3, -0.25) is 0 Å². The van der Waals surface area contributed by atoms with Gasteiger partial charge in [-0.1, -0.05) is 6.07 Å². The van der Waals surface area contributed by atoms with Crippen LogP contribution in [0.15, 0.2) is 6.07 Å². The number of rotatable bonds is 0. The van der Waals surface area contributed by atoms with Crippen molar-refractivity contribution in [2.45, 2.75) is 43.9 Å². The average molecular weight is 257 g/mol. The van der Waals surface area contributed by atoms with Crippen LogP contribution in [0.2, 0.25) is 0 Å². The Hall–Kier alpha value is -1.23. The van der Waals surface area contributed by atoms with Crippen LogP contribution >= 0.6 is 0 Å². The largest absolute Gasteiger partial charge is 0.421 e. The molecule has 3 N–H and O–H groups in total. The number of nitrogen functional groups attached to an aromatic ring is 1. The molecule has 0 radical (unpaired) electrons. The van der Waals surface area contributed by atoms with Crippen molar-refractivity contribution in [2.24, 2.45) is 0 Å². The summed E-state index contributed by atoms with van der Waals surface area (Å²) in [7, 11) is 0. The SMILES string of the molecule is Nc1c2c(cc3c1C(O)(C(F)(F)F)CC3)CCC2. The molecule has 0 bridgehead atoms. The fourth-order valence-electron chi connectivity index (χ4n) is 3.25. The summed E-state index contributed by atoms with van der Waals surface area (Å²) in [5.74, 6) is 0. The predicted octanol–water partition coefficient (Wildman–Crippen LogP) is 2.45. The third kappa shape index (κ3) is 1.34. The molecule has 0 heterocycles. The first kappa shape index (κ1) is 11.8. The standard InChI is InChI=1S/C13H14F3NO/c14-13(15,16)12(18)5-4-8-6-7-2-1-3-9(7)11(17)10(8)12/h6,18H,1-5,17H2. The quantitative estimate of drug-likeness (QED) is 0.701. The summed E-state index contributed by atoms with van der Waals surface area (Å²) >= 11 is 0. The van der Waals surface area contributed by atoms with Crippen molar-refractivity contribution in [2.75, 3.05) is 5.73 Å². The number of nitrogens with two attached hydrogens (primary N) is 1. The molecule has 1 aromatic carbocycles. The van der Waals surface area contributed by atoms with E-state index in [4.69, 9.17) is 5.73 Å². The van der Waals surface area contributed by atoms with E-state index in [2.05, 4.69) is 0 Å². The Labute approximate surface area is 103 Å². The Morgan fingerprint density at radius 3 is 2.56 bits per heavy atom. The maximum absolute atomic E-state index is 13.0. The third-order valence-electron chi connectivity index (χ3n) is 4.16. The smallest absolute Gasteiger partial charge is 0.398 e. The van der Waals surface area contributed by atoms with Gasteiger partial charge in [-0.05, 0) is 48.8 Å². The van der Waals surface area contributed by atoms with Gasteiger partial charge in [-0.15, -0.1) is 0 Å². The van der Waals surface area contributed by atoms with Gasteiger partial charge < -0.3 is 10.8 Å². The minimum absolute atomic E-state index is 0.0874. The van der Waals surface area contributed by atoms with E-state index in [1.807, 2.05) is 0 Å². The molecule has 0 spiro atoms. The van der Waals surface area contributed by atoms with E-state index in [1.165, 1.54) is 0 Å². The lowest BCUT2D eigenvalue weighted by Gasteiger charge is -2.28. The van der Waals surface area contributed by atoms with Gasteiger partial charge in [-0.25, -0.2) is 0 Å². The molecule has 2 aliphatic carbocycles. The molecule has 1 atom stereocenters. The molecule has 2 nitrogen and oxygen atoms in total. The van der Waals surface area contributed by atoms with Gasteiger partial charge in [0.25, 0.3) is 0 Å². The second-order valence-electron chi connectivity index (χ2n) is 5.17. The van der Waals surface area contributed by atoms with Gasteiger partial charge in [0.05, 0.1) is 0 Å². The van der Waals surface area contributed by atoms with Crippen molar-refractivity contribution < 1.29 is 18.3 Å². The van der Waals surface area contributed by atoms with Gasteiger partial charge in [0.2, 0.25) is 0 Å². The van der Waals surface area contributed by atoms with E-state index in [-0.39, 0.29) is 24.1 Å². The minimum atomic E-state index is -4.67. The van der Waals surface area contributed by atoms with Gasteiger partial charge in [0.1, 0.15) is 0 Å². The number of benzene rings is 1. The summed E-state index contributed by atoms with van der Waals surface area (Å²) in [5.41, 5.74) is 5.64. The van der Waals surface area contributed by atoms with Gasteiger partial charge in [0.15, 0.2) is 5.60 Å². The summed E-state index contributed by atoms with van der Waals surface area (Å²) in [6.07, 6.45) is -2.24. The summed E-state index contributed by atoms with van der Waals surface area (Å²) in [4.78, 5) is 0. The van der Waals surface area contributed by atoms with Crippen molar-refractivity contribution in [1.29, 1.82) is 0 Å². The molecule has 1 unspecified atom stereocenters. The predicted molar refractivity (Wildman–Crippen MR) is 61.2 cm³/mol. The molecule has 18 heavy (non-hydrogen) atoms. The van der Waals surface area contributed by atoms with E-state index >= 15 is 0 Å². The zero-order chi connectivity index (χ0) is 13.1. The first-order chi connectivity index (χ1) is 8.34. The number of hydrogen-bond acceptors (Lipinski definition) is 2. The number of aliphatic hydroxyl groups is 1. The zero-order valence-electron chi connectivity index (χ0n) is 9.77. The fraction of sp³-hybridized carbons (Fsp3) is 0.538. The van der Waals surface area contributed by atoms with Crippen molar-refractivity contribution in [3.8, 4) is 0 Å². The van der Waals surface area contributed by atoms with Crippen LogP contribution in [0.4, 0.5) is 18.9 Å². The highest BCUT2D eigenvalue weighted by molar-refractivity contribution is 5.65. The lowest BCUT2D eigenvalue weighted by molar-refractivity contribution is -0.265. The van der Waals surface area contributed by atoms with Crippen LogP contribution in [-0.4, -0.2) is 11.3 Å². The van der Waals surface area contributed by atoms with Gasteiger partial charge >= 0.3 is 6.18 Å². The normalized spacial score (nSPS) is 26.2. The van der Waals surface area contributed by atoms with Crippen LogP contribution in [0.1, 0.15) is 35.1 Å². The summed E-state index contributed by atoms with van der Waals surface area (Å²) in [6, 6.07) is 1.80. The van der Waals surface area contributed by atoms with E-state index in [0.29, 0.717) is 12.0 Å². The topological polar surface area (TPSA) is 46.2 Å². The lowest BCUT2D eigenvalue weighted by Crippen LogP contribution is -2.40. The molecule has 3 rings (SSSR count). The Kier molecular flexibility index (Phi) is 2.24. The highest BCUT2D eigenvalue weighted by Crippen LogP contribution is 2.52. The summed E-state index contributed by atoms with van der Waals surface area (Å²) in [6.45, 7) is 0. The van der Waals surface area contributed by atoms with Crippen molar-refractivity contribution >= 4 is 5.69 Å². The molecule has 1 aromatic rings. The monoisotopic (exact) mass is 257 g/mol. The van der Waals surface area contributed by atoms with Crippen LogP contribution in [-0.2, 0) is 24.9 Å². The summed E-state index contributed by atoms with van der Waals surface area (Å²) < 4.78 is 39.1. The molecule has 98 valence electrons. The second kappa shape index (κ2) is 3.41. The molecule has 0 saturated carbocycles. The molecule has 5 heteroatoms. The number of aryl methyl sites for hydroxylation is 2. The Balaban J connectivity index is 2.24. The highest BCUT2D eigenvalue weighted by Gasteiger charge is 2.59. The van der Waals surface area contributed by atoms with Gasteiger partial charge in [0, 0.05) is 11.3 Å². The molecule has 0 amide bonds. The molecular weight excluding hydrogens is 243 g/mol. The number of anilines is 1. The molecular formula is C13H14F3NO. The maximum atomic E-state index is 13.0. The first-order valence-electron chi connectivity index (χ1n) is 6.07. The van der Waals surface area contributed by atoms with Crippen LogP contribution < -0.4 is 5.73 Å². The van der Waals surface area contributed by atoms with Gasteiger partial charge in [-0.2, -0.15) is 13.2 Å². The van der Waals surface area contributed by atoms with Crippen molar-refractivity contribution in [3.05, 3.63) is 28.3 Å². The number of fused-ring (bicyclic) bond motifs is 2. The van der Waals surface area contributed by atoms with Crippen LogP contribution in [0.5, 0.6) is 0 Å². The maximum Gasteiger partial charge on any atom is 0.421 e. The third-order valence-corrected chi connectivity index (χ3v) is 4.16. The summed E-state index contributed by atoms with van der Waals surface area (Å²) in [5, 5.41) is 9.99. The second-order valence-corrected chi connectivity index (χ2v) is 5.17. The number of alkyl halides is 3. The lowest BCUT2D eigenvalue weighted by atomic mass is 9.90. The molecule has 0 fully saturated rings. The fourth-order valence-corrected chi connectivity index (χ4v) is 3.25. The average Bonchev–Trinajstić information content (AvgIpc) is 2.84. The van der Waals surface area contributed by atoms with Crippen LogP contribution in [0.3, 0.4) is 0 Å². The Bertz CT molecular complexity index is 524. The molecule has 0 saturated heterocycles. The highest BCUT2D eigenvalue weighted by atomic mass is 19.4. The van der Waals surface area contributed by atoms with E-state index < -0.39 is 11.8 Å². The van der Waals surface area contributed by atoms with Crippen molar-refractivity contribution in [1.82, 2.24) is 0 Å². The zero-order valence-corrected chi connectivity index (χ0v) is 9.77. The Morgan fingerprint density at radius 2 is 1.89 bits per heavy atom. The van der Waals surface area contributed by atoms with E-state index in [1.54, 1.807) is 6.07 Å². The Morgan fingerprint density at radius 1 is 1.17 bits per heavy atom. The first-order valence-corrected chi connectivity index (χ1v) is 6.07. The van der Waals surface area contributed by atoms with Crippen LogP contribution in [0.25, 0.3) is 0 Å². The molecule has 2 aliphatic rings. The number of halogens is 3. The van der Waals surface area contributed by atoms with Crippen molar-refractivity contribution in [3.63, 3.8) is 0 Å². The molecule has 0 aromatic heterocycles.